The van der Waals surface area contributed by atoms with Crippen LogP contribution in [0.1, 0.15) is 30.8 Å². The summed E-state index contributed by atoms with van der Waals surface area (Å²) in [5, 5.41) is 17.2. The third kappa shape index (κ3) is 5.36. The summed E-state index contributed by atoms with van der Waals surface area (Å²) in [4.78, 5) is 14.8. The quantitative estimate of drug-likeness (QED) is 0.590. The molecule has 9 heteroatoms. The number of ether oxygens (including phenoxy) is 2. The van der Waals surface area contributed by atoms with Crippen molar-refractivity contribution in [1.29, 1.82) is 0 Å². The average molecular weight is 425 g/mol. The van der Waals surface area contributed by atoms with Crippen molar-refractivity contribution in [2.45, 2.75) is 32.5 Å². The molecule has 31 heavy (non-hydrogen) atoms. The summed E-state index contributed by atoms with van der Waals surface area (Å²) in [5.74, 6) is 1.57. The average Bonchev–Trinajstić information content (AvgIpc) is 3.24. The van der Waals surface area contributed by atoms with E-state index < -0.39 is 0 Å². The van der Waals surface area contributed by atoms with E-state index in [0.717, 1.165) is 54.2 Å². The summed E-state index contributed by atoms with van der Waals surface area (Å²) in [5.41, 5.74) is 1.06. The van der Waals surface area contributed by atoms with Crippen LogP contribution in [0.4, 0.5) is 0 Å². The zero-order chi connectivity index (χ0) is 21.6. The van der Waals surface area contributed by atoms with Crippen molar-refractivity contribution in [1.82, 2.24) is 30.4 Å². The van der Waals surface area contributed by atoms with Gasteiger partial charge in [0.1, 0.15) is 5.75 Å². The molecule has 2 heterocycles. The summed E-state index contributed by atoms with van der Waals surface area (Å²) in [6, 6.07) is 12.1. The second-order valence-electron chi connectivity index (χ2n) is 7.72. The zero-order valence-electron chi connectivity index (χ0n) is 18.0. The highest BCUT2D eigenvalue weighted by atomic mass is 16.5. The Morgan fingerprint density at radius 1 is 1.19 bits per heavy atom. The van der Waals surface area contributed by atoms with E-state index in [2.05, 4.69) is 37.9 Å². The molecule has 9 nitrogen and oxygen atoms in total. The van der Waals surface area contributed by atoms with E-state index in [1.807, 2.05) is 31.2 Å². The minimum atomic E-state index is -0.0966. The summed E-state index contributed by atoms with van der Waals surface area (Å²) < 4.78 is 12.4. The van der Waals surface area contributed by atoms with Crippen LogP contribution in [0.3, 0.4) is 0 Å². The van der Waals surface area contributed by atoms with Crippen LogP contribution in [0.5, 0.6) is 5.75 Å². The summed E-state index contributed by atoms with van der Waals surface area (Å²) >= 11 is 0. The van der Waals surface area contributed by atoms with Gasteiger partial charge in [-0.2, -0.15) is 0 Å². The molecule has 0 radical (unpaired) electrons. The summed E-state index contributed by atoms with van der Waals surface area (Å²) in [6.45, 7) is 6.28. The third-order valence-corrected chi connectivity index (χ3v) is 5.57. The van der Waals surface area contributed by atoms with E-state index in [9.17, 15) is 4.79 Å². The molecule has 0 aliphatic carbocycles. The van der Waals surface area contributed by atoms with Crippen LogP contribution in [-0.4, -0.2) is 64.4 Å². The van der Waals surface area contributed by atoms with Gasteiger partial charge in [-0.3, -0.25) is 9.69 Å². The Labute approximate surface area is 181 Å². The van der Waals surface area contributed by atoms with Crippen molar-refractivity contribution in [3.05, 3.63) is 47.8 Å². The zero-order valence-corrected chi connectivity index (χ0v) is 18.0. The number of benzene rings is 2. The van der Waals surface area contributed by atoms with Crippen molar-refractivity contribution in [2.24, 2.45) is 0 Å². The van der Waals surface area contributed by atoms with Gasteiger partial charge >= 0.3 is 0 Å². The Morgan fingerprint density at radius 2 is 1.97 bits per heavy atom. The van der Waals surface area contributed by atoms with Crippen molar-refractivity contribution in [3.63, 3.8) is 0 Å². The maximum absolute atomic E-state index is 12.5. The fourth-order valence-corrected chi connectivity index (χ4v) is 3.71. The van der Waals surface area contributed by atoms with Crippen LogP contribution in [0.15, 0.2) is 36.4 Å². The number of tetrazole rings is 1. The van der Waals surface area contributed by atoms with Gasteiger partial charge < -0.3 is 14.8 Å². The standard InChI is InChI=1S/C22H28N6O3/c1-16(17-3-4-19-14-20(30-2)6-5-18(19)13-17)23-22(29)7-8-28-21(24-25-26-28)15-27-9-11-31-12-10-27/h3-6,13-14,16H,7-12,15H2,1-2H3,(H,23,29). The predicted octanol–water partition coefficient (Wildman–Crippen LogP) is 1.93. The largest absolute Gasteiger partial charge is 0.497 e. The van der Waals surface area contributed by atoms with Crippen molar-refractivity contribution < 1.29 is 14.3 Å². The highest BCUT2D eigenvalue weighted by molar-refractivity contribution is 5.85. The fourth-order valence-electron chi connectivity index (χ4n) is 3.71. The van der Waals surface area contributed by atoms with Gasteiger partial charge in [-0.25, -0.2) is 4.68 Å². The van der Waals surface area contributed by atoms with Gasteiger partial charge in [0.25, 0.3) is 0 Å². The number of aryl methyl sites for hydroxylation is 1. The number of rotatable bonds is 8. The molecule has 1 fully saturated rings. The van der Waals surface area contributed by atoms with Crippen LogP contribution in [-0.2, 0) is 22.6 Å². The smallest absolute Gasteiger partial charge is 0.222 e. The molecule has 1 aliphatic heterocycles. The highest BCUT2D eigenvalue weighted by Gasteiger charge is 2.16. The number of fused-ring (bicyclic) bond motifs is 1. The predicted molar refractivity (Wildman–Crippen MR) is 116 cm³/mol. The lowest BCUT2D eigenvalue weighted by Gasteiger charge is -2.25. The molecule has 4 rings (SSSR count). The number of carbonyl (C=O) groups is 1. The Bertz CT molecular complexity index is 1030. The lowest BCUT2D eigenvalue weighted by atomic mass is 10.0. The molecule has 3 aromatic rings. The number of nitrogens with zero attached hydrogens (tertiary/aromatic N) is 5. The van der Waals surface area contributed by atoms with Crippen LogP contribution in [0, 0.1) is 0 Å². The molecule has 2 aromatic carbocycles. The van der Waals surface area contributed by atoms with E-state index in [-0.39, 0.29) is 11.9 Å². The van der Waals surface area contributed by atoms with Crippen molar-refractivity contribution >= 4 is 16.7 Å². The first-order chi connectivity index (χ1) is 15.1. The number of carbonyl (C=O) groups excluding carboxylic acids is 1. The molecule has 0 spiro atoms. The first kappa shape index (κ1) is 21.2. The number of amides is 1. The minimum Gasteiger partial charge on any atom is -0.497 e. The first-order valence-electron chi connectivity index (χ1n) is 10.5. The molecular formula is C22H28N6O3. The van der Waals surface area contributed by atoms with E-state index in [0.29, 0.717) is 19.5 Å². The second-order valence-corrected chi connectivity index (χ2v) is 7.72. The minimum absolute atomic E-state index is 0.0323. The number of methoxy groups -OCH3 is 1. The molecule has 1 saturated heterocycles. The summed E-state index contributed by atoms with van der Waals surface area (Å²) in [7, 11) is 1.66. The molecule has 1 aromatic heterocycles. The molecule has 1 aliphatic rings. The van der Waals surface area contributed by atoms with Crippen LogP contribution in [0.25, 0.3) is 10.8 Å². The Kier molecular flexibility index (Phi) is 6.73. The number of aromatic nitrogens is 4. The maximum Gasteiger partial charge on any atom is 0.222 e. The van der Waals surface area contributed by atoms with Crippen LogP contribution < -0.4 is 10.1 Å². The highest BCUT2D eigenvalue weighted by Crippen LogP contribution is 2.24. The molecule has 1 atom stereocenters. The third-order valence-electron chi connectivity index (χ3n) is 5.57. The van der Waals surface area contributed by atoms with Crippen molar-refractivity contribution in [2.75, 3.05) is 33.4 Å². The Balaban J connectivity index is 1.32. The lowest BCUT2D eigenvalue weighted by Crippen LogP contribution is -2.36. The van der Waals surface area contributed by atoms with Gasteiger partial charge in [0.15, 0.2) is 5.82 Å². The lowest BCUT2D eigenvalue weighted by molar-refractivity contribution is -0.122. The number of nitrogens with one attached hydrogen (secondary N) is 1. The molecule has 164 valence electrons. The Hall–Kier alpha value is -3.04. The van der Waals surface area contributed by atoms with Gasteiger partial charge in [-0.1, -0.05) is 18.2 Å². The summed E-state index contributed by atoms with van der Waals surface area (Å²) in [6.07, 6.45) is 0.316. The topological polar surface area (TPSA) is 94.4 Å². The molecule has 0 bridgehead atoms. The van der Waals surface area contributed by atoms with E-state index >= 15 is 0 Å². The van der Waals surface area contributed by atoms with Gasteiger partial charge in [0.2, 0.25) is 5.91 Å². The molecule has 0 saturated carbocycles. The van der Waals surface area contributed by atoms with Gasteiger partial charge in [0.05, 0.1) is 39.5 Å². The molecule has 1 N–H and O–H groups in total. The molecule has 1 unspecified atom stereocenters. The van der Waals surface area contributed by atoms with Gasteiger partial charge in [-0.15, -0.1) is 5.10 Å². The number of hydrogen-bond acceptors (Lipinski definition) is 7. The SMILES string of the molecule is COc1ccc2cc(C(C)NC(=O)CCn3nnnc3CN3CCOCC3)ccc2c1. The monoisotopic (exact) mass is 424 g/mol. The number of morpholine rings is 1. The fraction of sp³-hybridized carbons (Fsp3) is 0.455. The van der Waals surface area contributed by atoms with E-state index in [4.69, 9.17) is 9.47 Å². The first-order valence-corrected chi connectivity index (χ1v) is 10.5. The van der Waals surface area contributed by atoms with Crippen LogP contribution in [0.2, 0.25) is 0 Å². The molecular weight excluding hydrogens is 396 g/mol. The maximum atomic E-state index is 12.5. The second kappa shape index (κ2) is 9.84. The van der Waals surface area contributed by atoms with E-state index in [1.165, 1.54) is 0 Å². The Morgan fingerprint density at radius 3 is 2.77 bits per heavy atom. The van der Waals surface area contributed by atoms with Gasteiger partial charge in [0, 0.05) is 19.5 Å². The van der Waals surface area contributed by atoms with Gasteiger partial charge in [-0.05, 0) is 51.9 Å². The van der Waals surface area contributed by atoms with Crippen molar-refractivity contribution in [3.8, 4) is 5.75 Å². The van der Waals surface area contributed by atoms with E-state index in [1.54, 1.807) is 11.8 Å². The molecule has 1 amide bonds. The number of hydrogen-bond donors (Lipinski definition) is 1. The van der Waals surface area contributed by atoms with Crippen LogP contribution >= 0.6 is 0 Å². The normalized spacial score (nSPS) is 15.7.